The fourth-order valence-electron chi connectivity index (χ4n) is 2.47. The van der Waals surface area contributed by atoms with Crippen LogP contribution in [0.5, 0.6) is 0 Å². The number of fused-ring (bicyclic) bond motifs is 1. The van der Waals surface area contributed by atoms with Gasteiger partial charge in [-0.25, -0.2) is 0 Å². The van der Waals surface area contributed by atoms with E-state index in [0.717, 1.165) is 6.61 Å². The topological polar surface area (TPSA) is 21.3 Å². The van der Waals surface area contributed by atoms with Gasteiger partial charge in [-0.15, -0.1) is 0 Å². The van der Waals surface area contributed by atoms with E-state index >= 15 is 0 Å². The summed E-state index contributed by atoms with van der Waals surface area (Å²) in [5.74, 6) is 0. The van der Waals surface area contributed by atoms with E-state index in [1.165, 1.54) is 42.5 Å². The van der Waals surface area contributed by atoms with Gasteiger partial charge in [-0.2, -0.15) is 0 Å². The van der Waals surface area contributed by atoms with E-state index in [1.54, 1.807) is 7.11 Å². The standard InChI is InChI=1S/C14H21NO/c1-11(10-16-2)15-14-9-5-7-12-6-3-4-8-13(12)14/h5,7,9,11,15H,3-4,6,8,10H2,1-2H3. The molecule has 0 fully saturated rings. The molecule has 2 heteroatoms. The summed E-state index contributed by atoms with van der Waals surface area (Å²) in [5.41, 5.74) is 4.36. The summed E-state index contributed by atoms with van der Waals surface area (Å²) in [6, 6.07) is 6.99. The van der Waals surface area contributed by atoms with Gasteiger partial charge in [0.25, 0.3) is 0 Å². The molecule has 0 radical (unpaired) electrons. The Kier molecular flexibility index (Phi) is 3.83. The van der Waals surface area contributed by atoms with Crippen LogP contribution in [0.15, 0.2) is 18.2 Å². The van der Waals surface area contributed by atoms with Gasteiger partial charge in [0.2, 0.25) is 0 Å². The molecule has 0 aliphatic heterocycles. The molecule has 0 heterocycles. The van der Waals surface area contributed by atoms with Crippen LogP contribution in [0.1, 0.15) is 30.9 Å². The molecule has 0 bridgehead atoms. The lowest BCUT2D eigenvalue weighted by Gasteiger charge is -2.22. The van der Waals surface area contributed by atoms with Gasteiger partial charge in [0, 0.05) is 18.8 Å². The summed E-state index contributed by atoms with van der Waals surface area (Å²) in [6.45, 7) is 2.91. The Morgan fingerprint density at radius 2 is 2.12 bits per heavy atom. The number of methoxy groups -OCH3 is 1. The molecule has 1 aromatic rings. The Balaban J connectivity index is 2.14. The fourth-order valence-corrected chi connectivity index (χ4v) is 2.47. The lowest BCUT2D eigenvalue weighted by Crippen LogP contribution is -2.22. The van der Waals surface area contributed by atoms with Crippen molar-refractivity contribution in [2.75, 3.05) is 19.0 Å². The second kappa shape index (κ2) is 5.35. The maximum atomic E-state index is 5.16. The predicted molar refractivity (Wildman–Crippen MR) is 68.0 cm³/mol. The van der Waals surface area contributed by atoms with Gasteiger partial charge in [-0.05, 0) is 49.8 Å². The molecule has 0 saturated heterocycles. The summed E-state index contributed by atoms with van der Waals surface area (Å²) < 4.78 is 5.16. The second-order valence-electron chi connectivity index (χ2n) is 4.65. The van der Waals surface area contributed by atoms with Gasteiger partial charge in [0.15, 0.2) is 0 Å². The van der Waals surface area contributed by atoms with Crippen molar-refractivity contribution in [1.82, 2.24) is 0 Å². The zero-order valence-corrected chi connectivity index (χ0v) is 10.3. The van der Waals surface area contributed by atoms with Crippen molar-refractivity contribution >= 4 is 5.69 Å². The van der Waals surface area contributed by atoms with Crippen LogP contribution in [0.4, 0.5) is 5.69 Å². The molecule has 1 N–H and O–H groups in total. The molecule has 2 nitrogen and oxygen atoms in total. The molecule has 88 valence electrons. The van der Waals surface area contributed by atoms with Gasteiger partial charge >= 0.3 is 0 Å². The minimum Gasteiger partial charge on any atom is -0.383 e. The summed E-state index contributed by atoms with van der Waals surface area (Å²) in [6.07, 6.45) is 5.12. The summed E-state index contributed by atoms with van der Waals surface area (Å²) >= 11 is 0. The Hall–Kier alpha value is -1.02. The maximum absolute atomic E-state index is 5.16. The van der Waals surface area contributed by atoms with Gasteiger partial charge in [0.05, 0.1) is 6.61 Å². The number of hydrogen-bond donors (Lipinski definition) is 1. The molecule has 1 aromatic carbocycles. The van der Waals surface area contributed by atoms with Crippen LogP contribution in [0.2, 0.25) is 0 Å². The van der Waals surface area contributed by atoms with Crippen LogP contribution in [0.3, 0.4) is 0 Å². The van der Waals surface area contributed by atoms with Crippen molar-refractivity contribution in [3.63, 3.8) is 0 Å². The number of ether oxygens (including phenoxy) is 1. The Morgan fingerprint density at radius 1 is 1.31 bits per heavy atom. The monoisotopic (exact) mass is 219 g/mol. The van der Waals surface area contributed by atoms with Gasteiger partial charge in [0.1, 0.15) is 0 Å². The molecule has 0 aromatic heterocycles. The van der Waals surface area contributed by atoms with Crippen molar-refractivity contribution in [3.8, 4) is 0 Å². The maximum Gasteiger partial charge on any atom is 0.0661 e. The summed E-state index contributed by atoms with van der Waals surface area (Å²) in [4.78, 5) is 0. The van der Waals surface area contributed by atoms with E-state index < -0.39 is 0 Å². The minimum atomic E-state index is 0.374. The molecular formula is C14H21NO. The normalized spacial score (nSPS) is 16.6. The molecule has 2 rings (SSSR count). The van der Waals surface area contributed by atoms with E-state index in [1.807, 2.05) is 0 Å². The van der Waals surface area contributed by atoms with Crippen LogP contribution in [-0.4, -0.2) is 19.8 Å². The molecule has 1 atom stereocenters. The molecule has 0 saturated carbocycles. The van der Waals surface area contributed by atoms with E-state index in [0.29, 0.717) is 6.04 Å². The first-order valence-electron chi connectivity index (χ1n) is 6.17. The molecule has 1 aliphatic carbocycles. The zero-order valence-electron chi connectivity index (χ0n) is 10.3. The minimum absolute atomic E-state index is 0.374. The molecule has 1 unspecified atom stereocenters. The first kappa shape index (κ1) is 11.5. The third kappa shape index (κ3) is 2.56. The highest BCUT2D eigenvalue weighted by atomic mass is 16.5. The smallest absolute Gasteiger partial charge is 0.0661 e. The highest BCUT2D eigenvalue weighted by Gasteiger charge is 2.13. The molecule has 1 aliphatic rings. The van der Waals surface area contributed by atoms with Crippen molar-refractivity contribution in [1.29, 1.82) is 0 Å². The van der Waals surface area contributed by atoms with Crippen molar-refractivity contribution in [3.05, 3.63) is 29.3 Å². The number of benzene rings is 1. The van der Waals surface area contributed by atoms with Crippen molar-refractivity contribution in [2.45, 2.75) is 38.6 Å². The van der Waals surface area contributed by atoms with Crippen LogP contribution >= 0.6 is 0 Å². The van der Waals surface area contributed by atoms with Crippen LogP contribution < -0.4 is 5.32 Å². The average molecular weight is 219 g/mol. The van der Waals surface area contributed by atoms with E-state index in [9.17, 15) is 0 Å². The van der Waals surface area contributed by atoms with Crippen LogP contribution in [-0.2, 0) is 17.6 Å². The van der Waals surface area contributed by atoms with E-state index in [4.69, 9.17) is 4.74 Å². The third-order valence-corrected chi connectivity index (χ3v) is 3.21. The summed E-state index contributed by atoms with van der Waals surface area (Å²) in [7, 11) is 1.75. The Bertz CT molecular complexity index is 349. The van der Waals surface area contributed by atoms with E-state index in [2.05, 4.69) is 30.4 Å². The quantitative estimate of drug-likeness (QED) is 0.840. The number of hydrogen-bond acceptors (Lipinski definition) is 2. The lowest BCUT2D eigenvalue weighted by atomic mass is 9.90. The predicted octanol–water partition coefficient (Wildman–Crippen LogP) is 3.01. The van der Waals surface area contributed by atoms with E-state index in [-0.39, 0.29) is 0 Å². The summed E-state index contributed by atoms with van der Waals surface area (Å²) in [5, 5.41) is 3.55. The molecule has 0 amide bonds. The van der Waals surface area contributed by atoms with Crippen LogP contribution in [0, 0.1) is 0 Å². The first-order valence-corrected chi connectivity index (χ1v) is 6.17. The van der Waals surface area contributed by atoms with Gasteiger partial charge in [-0.3, -0.25) is 0 Å². The van der Waals surface area contributed by atoms with Gasteiger partial charge < -0.3 is 10.1 Å². The number of aryl methyl sites for hydroxylation is 1. The average Bonchev–Trinajstić information content (AvgIpc) is 2.30. The Morgan fingerprint density at radius 3 is 2.94 bits per heavy atom. The molecule has 0 spiro atoms. The zero-order chi connectivity index (χ0) is 11.4. The largest absolute Gasteiger partial charge is 0.383 e. The first-order chi connectivity index (χ1) is 7.81. The number of anilines is 1. The SMILES string of the molecule is COCC(C)Nc1cccc2c1CCCC2. The van der Waals surface area contributed by atoms with Crippen molar-refractivity contribution in [2.24, 2.45) is 0 Å². The molecule has 16 heavy (non-hydrogen) atoms. The molecular weight excluding hydrogens is 198 g/mol. The third-order valence-electron chi connectivity index (χ3n) is 3.21. The highest BCUT2D eigenvalue weighted by Crippen LogP contribution is 2.28. The van der Waals surface area contributed by atoms with Crippen LogP contribution in [0.25, 0.3) is 0 Å². The highest BCUT2D eigenvalue weighted by molar-refractivity contribution is 5.56. The fraction of sp³-hybridized carbons (Fsp3) is 0.571. The second-order valence-corrected chi connectivity index (χ2v) is 4.65. The Labute approximate surface area is 98.0 Å². The number of nitrogens with one attached hydrogen (secondary N) is 1. The number of rotatable bonds is 4. The van der Waals surface area contributed by atoms with Crippen molar-refractivity contribution < 1.29 is 4.74 Å². The lowest BCUT2D eigenvalue weighted by molar-refractivity contribution is 0.190. The van der Waals surface area contributed by atoms with Gasteiger partial charge in [-0.1, -0.05) is 12.1 Å².